The molecule has 0 heterocycles. The van der Waals surface area contributed by atoms with Crippen LogP contribution in [0.1, 0.15) is 57.8 Å². The van der Waals surface area contributed by atoms with Gasteiger partial charge in [-0.15, -0.1) is 0 Å². The van der Waals surface area contributed by atoms with E-state index in [9.17, 15) is 0 Å². The molecule has 4 aliphatic rings. The largest absolute Gasteiger partial charge is 0.311 e. The normalized spacial score (nSPS) is 51.4. The van der Waals surface area contributed by atoms with Crippen molar-refractivity contribution in [3.8, 4) is 0 Å². The second-order valence-corrected chi connectivity index (χ2v) is 6.91. The number of nitrogens with one attached hydrogen (secondary N) is 1. The standard InChI is InChI=1S/C15H25N/c1-2-5-11(4-1)16-15-9-10-8-14(15)13-7-3-6-12(10)13/h10-16H,1-9H2. The van der Waals surface area contributed by atoms with Crippen LogP contribution in [0.4, 0.5) is 0 Å². The van der Waals surface area contributed by atoms with Crippen molar-refractivity contribution in [3.05, 3.63) is 0 Å². The fraction of sp³-hybridized carbons (Fsp3) is 1.00. The molecule has 0 aromatic carbocycles. The Morgan fingerprint density at radius 2 is 1.50 bits per heavy atom. The second-order valence-electron chi connectivity index (χ2n) is 6.91. The summed E-state index contributed by atoms with van der Waals surface area (Å²) in [5.74, 6) is 4.50. The van der Waals surface area contributed by atoms with Crippen molar-refractivity contribution in [2.24, 2.45) is 23.7 Å². The number of rotatable bonds is 2. The van der Waals surface area contributed by atoms with E-state index in [1.807, 2.05) is 0 Å². The van der Waals surface area contributed by atoms with Crippen molar-refractivity contribution in [3.63, 3.8) is 0 Å². The predicted molar refractivity (Wildman–Crippen MR) is 66.2 cm³/mol. The van der Waals surface area contributed by atoms with Gasteiger partial charge in [0.15, 0.2) is 0 Å². The van der Waals surface area contributed by atoms with E-state index in [1.54, 1.807) is 25.7 Å². The van der Waals surface area contributed by atoms with Crippen molar-refractivity contribution >= 4 is 0 Å². The highest BCUT2D eigenvalue weighted by Crippen LogP contribution is 2.58. The molecule has 0 spiro atoms. The average Bonchev–Trinajstić information content (AvgIpc) is 2.99. The molecule has 0 aliphatic heterocycles. The summed E-state index contributed by atoms with van der Waals surface area (Å²) in [5.41, 5.74) is 0. The van der Waals surface area contributed by atoms with Gasteiger partial charge in [0, 0.05) is 12.1 Å². The Balaban J connectivity index is 1.44. The van der Waals surface area contributed by atoms with E-state index in [1.165, 1.54) is 32.1 Å². The molecule has 4 saturated carbocycles. The zero-order valence-electron chi connectivity index (χ0n) is 10.3. The molecule has 4 fully saturated rings. The number of hydrogen-bond donors (Lipinski definition) is 1. The fourth-order valence-electron chi connectivity index (χ4n) is 5.65. The van der Waals surface area contributed by atoms with E-state index in [2.05, 4.69) is 5.32 Å². The Bertz CT molecular complexity index is 269. The smallest absolute Gasteiger partial charge is 0.0103 e. The maximum Gasteiger partial charge on any atom is 0.0103 e. The van der Waals surface area contributed by atoms with Gasteiger partial charge in [0.05, 0.1) is 0 Å². The maximum absolute atomic E-state index is 4.02. The van der Waals surface area contributed by atoms with Crippen molar-refractivity contribution < 1.29 is 0 Å². The van der Waals surface area contributed by atoms with Gasteiger partial charge in [0.2, 0.25) is 0 Å². The molecule has 4 aliphatic carbocycles. The maximum atomic E-state index is 4.02. The van der Waals surface area contributed by atoms with Crippen LogP contribution in [0.3, 0.4) is 0 Å². The van der Waals surface area contributed by atoms with Crippen LogP contribution in [-0.4, -0.2) is 12.1 Å². The zero-order chi connectivity index (χ0) is 10.5. The Morgan fingerprint density at radius 1 is 0.688 bits per heavy atom. The van der Waals surface area contributed by atoms with Gasteiger partial charge in [0.25, 0.3) is 0 Å². The third-order valence-electron chi connectivity index (χ3n) is 6.23. The first-order valence-corrected chi connectivity index (χ1v) is 7.68. The van der Waals surface area contributed by atoms with Gasteiger partial charge in [-0.25, -0.2) is 0 Å². The topological polar surface area (TPSA) is 12.0 Å². The first kappa shape index (κ1) is 9.94. The SMILES string of the molecule is C1CCC(NC2CC3CC2C2CCCC32)C1. The second kappa shape index (κ2) is 3.73. The molecule has 90 valence electrons. The van der Waals surface area contributed by atoms with Crippen LogP contribution in [0.15, 0.2) is 0 Å². The van der Waals surface area contributed by atoms with Gasteiger partial charge >= 0.3 is 0 Å². The van der Waals surface area contributed by atoms with E-state index < -0.39 is 0 Å². The summed E-state index contributed by atoms with van der Waals surface area (Å²) in [6, 6.07) is 1.82. The molecule has 2 bridgehead atoms. The average molecular weight is 219 g/mol. The van der Waals surface area contributed by atoms with E-state index in [0.717, 1.165) is 35.8 Å². The first-order valence-electron chi connectivity index (χ1n) is 7.68. The highest BCUT2D eigenvalue weighted by Gasteiger charge is 2.53. The molecular formula is C15H25N. The van der Waals surface area contributed by atoms with Crippen LogP contribution in [0.5, 0.6) is 0 Å². The van der Waals surface area contributed by atoms with Crippen LogP contribution in [0.2, 0.25) is 0 Å². The molecule has 0 aromatic rings. The van der Waals surface area contributed by atoms with Crippen LogP contribution >= 0.6 is 0 Å². The number of hydrogen-bond acceptors (Lipinski definition) is 1. The van der Waals surface area contributed by atoms with Crippen LogP contribution in [-0.2, 0) is 0 Å². The lowest BCUT2D eigenvalue weighted by Crippen LogP contribution is -2.43. The molecular weight excluding hydrogens is 194 g/mol. The Kier molecular flexibility index (Phi) is 2.32. The van der Waals surface area contributed by atoms with E-state index >= 15 is 0 Å². The van der Waals surface area contributed by atoms with Gasteiger partial charge in [-0.05, 0) is 62.2 Å². The van der Waals surface area contributed by atoms with Gasteiger partial charge in [-0.1, -0.05) is 19.3 Å². The summed E-state index contributed by atoms with van der Waals surface area (Å²) in [6.07, 6.45) is 13.7. The highest BCUT2D eigenvalue weighted by molar-refractivity contribution is 5.06. The molecule has 5 unspecified atom stereocenters. The van der Waals surface area contributed by atoms with Crippen LogP contribution in [0.25, 0.3) is 0 Å². The molecule has 1 N–H and O–H groups in total. The molecule has 1 nitrogen and oxygen atoms in total. The molecule has 0 amide bonds. The van der Waals surface area contributed by atoms with Crippen molar-refractivity contribution in [2.45, 2.75) is 69.9 Å². The van der Waals surface area contributed by atoms with Crippen molar-refractivity contribution in [1.29, 1.82) is 0 Å². The van der Waals surface area contributed by atoms with Crippen LogP contribution < -0.4 is 5.32 Å². The lowest BCUT2D eigenvalue weighted by Gasteiger charge is -2.34. The van der Waals surface area contributed by atoms with Gasteiger partial charge in [-0.2, -0.15) is 0 Å². The monoisotopic (exact) mass is 219 g/mol. The molecule has 0 radical (unpaired) electrons. The number of fused-ring (bicyclic) bond motifs is 5. The Labute approximate surface area is 99.4 Å². The molecule has 5 atom stereocenters. The lowest BCUT2D eigenvalue weighted by molar-refractivity contribution is 0.198. The molecule has 1 heteroatoms. The summed E-state index contributed by atoms with van der Waals surface area (Å²) in [5, 5.41) is 4.02. The molecule has 16 heavy (non-hydrogen) atoms. The van der Waals surface area contributed by atoms with Gasteiger partial charge in [-0.3, -0.25) is 0 Å². The summed E-state index contributed by atoms with van der Waals surface area (Å²) < 4.78 is 0. The van der Waals surface area contributed by atoms with Crippen LogP contribution in [0, 0.1) is 23.7 Å². The first-order chi connectivity index (χ1) is 7.92. The van der Waals surface area contributed by atoms with E-state index in [-0.39, 0.29) is 0 Å². The zero-order valence-corrected chi connectivity index (χ0v) is 10.3. The quantitative estimate of drug-likeness (QED) is 0.751. The Hall–Kier alpha value is -0.0400. The third-order valence-corrected chi connectivity index (χ3v) is 6.23. The minimum absolute atomic E-state index is 0.893. The lowest BCUT2D eigenvalue weighted by atomic mass is 9.79. The van der Waals surface area contributed by atoms with E-state index in [4.69, 9.17) is 0 Å². The van der Waals surface area contributed by atoms with Gasteiger partial charge in [0.1, 0.15) is 0 Å². The van der Waals surface area contributed by atoms with Gasteiger partial charge < -0.3 is 5.32 Å². The summed E-state index contributed by atoms with van der Waals surface area (Å²) in [7, 11) is 0. The fourth-order valence-corrected chi connectivity index (χ4v) is 5.65. The highest BCUT2D eigenvalue weighted by atomic mass is 15.0. The summed E-state index contributed by atoms with van der Waals surface area (Å²) in [6.45, 7) is 0. The van der Waals surface area contributed by atoms with E-state index in [0.29, 0.717) is 0 Å². The summed E-state index contributed by atoms with van der Waals surface area (Å²) >= 11 is 0. The molecule has 4 rings (SSSR count). The minimum Gasteiger partial charge on any atom is -0.311 e. The molecule has 0 saturated heterocycles. The minimum atomic E-state index is 0.893. The Morgan fingerprint density at radius 3 is 2.38 bits per heavy atom. The third kappa shape index (κ3) is 1.40. The predicted octanol–water partition coefficient (Wildman–Crippen LogP) is 3.34. The summed E-state index contributed by atoms with van der Waals surface area (Å²) in [4.78, 5) is 0. The molecule has 0 aromatic heterocycles. The van der Waals surface area contributed by atoms with Crippen molar-refractivity contribution in [1.82, 2.24) is 5.32 Å². The van der Waals surface area contributed by atoms with Crippen molar-refractivity contribution in [2.75, 3.05) is 0 Å².